The highest BCUT2D eigenvalue weighted by Crippen LogP contribution is 2.34. The summed E-state index contributed by atoms with van der Waals surface area (Å²) in [5, 5.41) is 0. The van der Waals surface area contributed by atoms with Gasteiger partial charge in [0.05, 0.1) is 5.69 Å². The molecule has 2 aliphatic heterocycles. The topological polar surface area (TPSA) is 43.9 Å². The number of anilines is 2. The third-order valence-electron chi connectivity index (χ3n) is 6.29. The molecule has 0 spiro atoms. The normalized spacial score (nSPS) is 17.9. The van der Waals surface area contributed by atoms with Crippen LogP contribution in [0.5, 0.6) is 0 Å². The molecule has 0 radical (unpaired) electrons. The van der Waals surface area contributed by atoms with E-state index in [1.54, 1.807) is 34.1 Å². The van der Waals surface area contributed by atoms with Gasteiger partial charge in [-0.1, -0.05) is 48.5 Å². The molecule has 3 aromatic carbocycles. The lowest BCUT2D eigenvalue weighted by atomic mass is 10.1. The van der Waals surface area contributed by atoms with E-state index in [0.29, 0.717) is 43.9 Å². The van der Waals surface area contributed by atoms with Crippen molar-refractivity contribution in [1.29, 1.82) is 0 Å². The van der Waals surface area contributed by atoms with Gasteiger partial charge >= 0.3 is 0 Å². The molecule has 0 N–H and O–H groups in total. The van der Waals surface area contributed by atoms with E-state index in [1.165, 1.54) is 6.07 Å². The number of nitrogens with zero attached hydrogens (tertiary/aromatic N) is 3. The van der Waals surface area contributed by atoms with Gasteiger partial charge in [0.1, 0.15) is 11.9 Å². The second-order valence-electron chi connectivity index (χ2n) is 8.15. The SMILES string of the molecule is O=C(C1Cc2ccccc2N1C(=O)c1ccccc1)N1CCN(c2ccccc2F)CC1. The van der Waals surface area contributed by atoms with Gasteiger partial charge in [0.15, 0.2) is 0 Å². The van der Waals surface area contributed by atoms with E-state index in [0.717, 1.165) is 11.3 Å². The van der Waals surface area contributed by atoms with Gasteiger partial charge in [-0.15, -0.1) is 0 Å². The number of piperazine rings is 1. The molecule has 32 heavy (non-hydrogen) atoms. The first-order valence-corrected chi connectivity index (χ1v) is 10.9. The molecule has 0 aromatic heterocycles. The first-order valence-electron chi connectivity index (χ1n) is 10.9. The molecule has 6 heteroatoms. The maximum absolute atomic E-state index is 14.2. The second kappa shape index (κ2) is 8.46. The average Bonchev–Trinajstić information content (AvgIpc) is 3.24. The van der Waals surface area contributed by atoms with Crippen LogP contribution in [0.25, 0.3) is 0 Å². The summed E-state index contributed by atoms with van der Waals surface area (Å²) < 4.78 is 14.2. The van der Waals surface area contributed by atoms with E-state index < -0.39 is 6.04 Å². The minimum absolute atomic E-state index is 0.0568. The van der Waals surface area contributed by atoms with Crippen LogP contribution in [0.2, 0.25) is 0 Å². The zero-order valence-corrected chi connectivity index (χ0v) is 17.7. The lowest BCUT2D eigenvalue weighted by molar-refractivity contribution is -0.132. The highest BCUT2D eigenvalue weighted by Gasteiger charge is 2.41. The number of benzene rings is 3. The Morgan fingerprint density at radius 1 is 0.750 bits per heavy atom. The Hall–Kier alpha value is -3.67. The fraction of sp³-hybridized carbons (Fsp3) is 0.231. The summed E-state index contributed by atoms with van der Waals surface area (Å²) in [5.41, 5.74) is 2.92. The standard InChI is InChI=1S/C26H24FN3O2/c27-21-11-5-7-13-23(21)28-14-16-29(17-15-28)26(32)24-18-20-10-4-6-12-22(20)30(24)25(31)19-8-2-1-3-9-19/h1-13,24H,14-18H2. The van der Waals surface area contributed by atoms with Gasteiger partial charge in [-0.2, -0.15) is 0 Å². The third-order valence-corrected chi connectivity index (χ3v) is 6.29. The lowest BCUT2D eigenvalue weighted by Crippen LogP contribution is -2.55. The second-order valence-corrected chi connectivity index (χ2v) is 8.15. The van der Waals surface area contributed by atoms with E-state index in [4.69, 9.17) is 0 Å². The number of amides is 2. The van der Waals surface area contributed by atoms with Crippen molar-refractivity contribution in [2.24, 2.45) is 0 Å². The fourth-order valence-corrected chi connectivity index (χ4v) is 4.64. The van der Waals surface area contributed by atoms with Crippen molar-refractivity contribution in [3.63, 3.8) is 0 Å². The van der Waals surface area contributed by atoms with Crippen LogP contribution in [0.3, 0.4) is 0 Å². The number of fused-ring (bicyclic) bond motifs is 1. The van der Waals surface area contributed by atoms with Gasteiger partial charge < -0.3 is 9.80 Å². The van der Waals surface area contributed by atoms with Gasteiger partial charge in [-0.25, -0.2) is 4.39 Å². The Morgan fingerprint density at radius 2 is 1.38 bits per heavy atom. The largest absolute Gasteiger partial charge is 0.366 e. The van der Waals surface area contributed by atoms with Gasteiger partial charge in [-0.3, -0.25) is 14.5 Å². The molecule has 0 saturated carbocycles. The Balaban J connectivity index is 1.36. The number of hydrogen-bond acceptors (Lipinski definition) is 3. The summed E-state index contributed by atoms with van der Waals surface area (Å²) in [6.07, 6.45) is 0.501. The highest BCUT2D eigenvalue weighted by atomic mass is 19.1. The summed E-state index contributed by atoms with van der Waals surface area (Å²) in [4.78, 5) is 32.4. The first kappa shape index (κ1) is 20.2. The zero-order chi connectivity index (χ0) is 22.1. The van der Waals surface area contributed by atoms with Crippen molar-refractivity contribution in [3.05, 3.63) is 95.8 Å². The molecule has 1 saturated heterocycles. The predicted octanol–water partition coefficient (Wildman–Crippen LogP) is 3.75. The van der Waals surface area contributed by atoms with Gasteiger partial charge in [0, 0.05) is 43.9 Å². The Labute approximate surface area is 186 Å². The van der Waals surface area contributed by atoms with Crippen LogP contribution in [0, 0.1) is 5.82 Å². The van der Waals surface area contributed by atoms with Crippen LogP contribution in [-0.4, -0.2) is 48.9 Å². The van der Waals surface area contributed by atoms with Crippen molar-refractivity contribution >= 4 is 23.2 Å². The fourth-order valence-electron chi connectivity index (χ4n) is 4.64. The molecule has 3 aromatic rings. The molecule has 1 unspecified atom stereocenters. The van der Waals surface area contributed by atoms with Crippen LogP contribution in [-0.2, 0) is 11.2 Å². The van der Waals surface area contributed by atoms with Crippen molar-refractivity contribution in [2.45, 2.75) is 12.5 Å². The molecule has 0 aliphatic carbocycles. The predicted molar refractivity (Wildman–Crippen MR) is 122 cm³/mol. The number of rotatable bonds is 3. The van der Waals surface area contributed by atoms with Crippen molar-refractivity contribution < 1.29 is 14.0 Å². The molecule has 162 valence electrons. The van der Waals surface area contributed by atoms with E-state index in [9.17, 15) is 14.0 Å². The lowest BCUT2D eigenvalue weighted by Gasteiger charge is -2.38. The number of carbonyl (C=O) groups is 2. The summed E-state index contributed by atoms with van der Waals surface area (Å²) in [6, 6.07) is 22.9. The maximum Gasteiger partial charge on any atom is 0.259 e. The van der Waals surface area contributed by atoms with Gasteiger partial charge in [-0.05, 0) is 35.9 Å². The van der Waals surface area contributed by atoms with Crippen molar-refractivity contribution in [3.8, 4) is 0 Å². The van der Waals surface area contributed by atoms with Crippen LogP contribution in [0.1, 0.15) is 15.9 Å². The van der Waals surface area contributed by atoms with Crippen molar-refractivity contribution in [1.82, 2.24) is 4.90 Å². The highest BCUT2D eigenvalue weighted by molar-refractivity contribution is 6.11. The number of hydrogen-bond donors (Lipinski definition) is 0. The van der Waals surface area contributed by atoms with E-state index in [1.807, 2.05) is 53.4 Å². The minimum Gasteiger partial charge on any atom is -0.366 e. The molecule has 1 atom stereocenters. The molecule has 0 bridgehead atoms. The molecular formula is C26H24FN3O2. The van der Waals surface area contributed by atoms with Gasteiger partial charge in [0.2, 0.25) is 5.91 Å². The van der Waals surface area contributed by atoms with E-state index in [2.05, 4.69) is 0 Å². The van der Waals surface area contributed by atoms with Crippen LogP contribution in [0.15, 0.2) is 78.9 Å². The van der Waals surface area contributed by atoms with E-state index >= 15 is 0 Å². The molecule has 5 nitrogen and oxygen atoms in total. The minimum atomic E-state index is -0.569. The van der Waals surface area contributed by atoms with Crippen LogP contribution in [0.4, 0.5) is 15.8 Å². The number of halogens is 1. The molecule has 2 amide bonds. The maximum atomic E-state index is 14.2. The Morgan fingerprint density at radius 3 is 2.09 bits per heavy atom. The summed E-state index contributed by atoms with van der Waals surface area (Å²) in [6.45, 7) is 2.10. The van der Waals surface area contributed by atoms with Crippen LogP contribution >= 0.6 is 0 Å². The molecule has 2 heterocycles. The van der Waals surface area contributed by atoms with Crippen LogP contribution < -0.4 is 9.80 Å². The quantitative estimate of drug-likeness (QED) is 0.637. The zero-order valence-electron chi connectivity index (χ0n) is 17.7. The first-order chi connectivity index (χ1) is 15.6. The number of carbonyl (C=O) groups excluding carboxylic acids is 2. The third kappa shape index (κ3) is 3.62. The molecular weight excluding hydrogens is 405 g/mol. The summed E-state index contributed by atoms with van der Waals surface area (Å²) in [5.74, 6) is -0.476. The average molecular weight is 429 g/mol. The summed E-state index contributed by atoms with van der Waals surface area (Å²) >= 11 is 0. The molecule has 5 rings (SSSR count). The molecule has 1 fully saturated rings. The molecule has 2 aliphatic rings. The summed E-state index contributed by atoms with van der Waals surface area (Å²) in [7, 11) is 0. The Bertz CT molecular complexity index is 1140. The van der Waals surface area contributed by atoms with Crippen molar-refractivity contribution in [2.75, 3.05) is 36.0 Å². The Kier molecular flexibility index (Phi) is 5.35. The van der Waals surface area contributed by atoms with Gasteiger partial charge in [0.25, 0.3) is 5.91 Å². The van der Waals surface area contributed by atoms with E-state index in [-0.39, 0.29) is 17.6 Å². The number of para-hydroxylation sites is 2. The smallest absolute Gasteiger partial charge is 0.259 e. The monoisotopic (exact) mass is 429 g/mol.